The van der Waals surface area contributed by atoms with Crippen LogP contribution in [0.3, 0.4) is 0 Å². The largest absolute Gasteiger partial charge is 0.476 e. The summed E-state index contributed by atoms with van der Waals surface area (Å²) in [5, 5.41) is 8.72. The summed E-state index contributed by atoms with van der Waals surface area (Å²) in [4.78, 5) is 10.3. The van der Waals surface area contributed by atoms with Crippen molar-refractivity contribution in [2.45, 2.75) is 39.7 Å². The van der Waals surface area contributed by atoms with Crippen molar-refractivity contribution in [1.29, 1.82) is 5.26 Å². The van der Waals surface area contributed by atoms with E-state index in [2.05, 4.69) is 16.0 Å². The van der Waals surface area contributed by atoms with E-state index in [-0.39, 0.29) is 6.04 Å². The van der Waals surface area contributed by atoms with Gasteiger partial charge in [-0.2, -0.15) is 10.2 Å². The Bertz CT molecular complexity index is 441. The second-order valence-corrected chi connectivity index (χ2v) is 4.46. The van der Waals surface area contributed by atoms with Gasteiger partial charge in [0.2, 0.25) is 5.88 Å². The van der Waals surface area contributed by atoms with E-state index in [1.54, 1.807) is 0 Å². The molecule has 1 aromatic heterocycles. The highest BCUT2D eigenvalue weighted by Gasteiger charge is 2.18. The highest BCUT2D eigenvalue weighted by atomic mass is 16.5. The van der Waals surface area contributed by atoms with Crippen molar-refractivity contribution in [3.63, 3.8) is 0 Å². The summed E-state index contributed by atoms with van der Waals surface area (Å²) in [5.74, 6) is 1.04. The molecule has 0 unspecified atom stereocenters. The molecule has 0 radical (unpaired) electrons. The number of hydrogen-bond donors (Lipinski definition) is 1. The molecule has 6 nitrogen and oxygen atoms in total. The predicted molar refractivity (Wildman–Crippen MR) is 74.9 cm³/mol. The van der Waals surface area contributed by atoms with Crippen LogP contribution < -0.4 is 15.4 Å². The van der Waals surface area contributed by atoms with Gasteiger partial charge < -0.3 is 15.4 Å². The molecule has 1 rings (SSSR count). The van der Waals surface area contributed by atoms with E-state index >= 15 is 0 Å². The van der Waals surface area contributed by atoms with Gasteiger partial charge in [-0.15, -0.1) is 0 Å². The van der Waals surface area contributed by atoms with Crippen molar-refractivity contribution in [2.75, 3.05) is 23.8 Å². The molecule has 0 amide bonds. The van der Waals surface area contributed by atoms with Crippen molar-refractivity contribution in [2.24, 2.45) is 0 Å². The first kappa shape index (κ1) is 15.0. The summed E-state index contributed by atoms with van der Waals surface area (Å²) in [6.07, 6.45) is 2.76. The molecule has 6 heteroatoms. The zero-order valence-corrected chi connectivity index (χ0v) is 11.8. The normalized spacial score (nSPS) is 10.3. The molecule has 0 saturated heterocycles. The third kappa shape index (κ3) is 3.98. The average molecular weight is 263 g/mol. The number of rotatable bonds is 7. The fourth-order valence-corrected chi connectivity index (χ4v) is 1.69. The second kappa shape index (κ2) is 7.41. The highest BCUT2D eigenvalue weighted by Crippen LogP contribution is 2.29. The monoisotopic (exact) mass is 263 g/mol. The van der Waals surface area contributed by atoms with Crippen LogP contribution in [-0.4, -0.2) is 29.2 Å². The molecule has 0 aliphatic carbocycles. The Morgan fingerprint density at radius 1 is 1.47 bits per heavy atom. The molecule has 104 valence electrons. The van der Waals surface area contributed by atoms with Crippen LogP contribution in [0.5, 0.6) is 5.88 Å². The number of nitrogens with two attached hydrogens (primary N) is 1. The van der Waals surface area contributed by atoms with Crippen molar-refractivity contribution in [3.05, 3.63) is 6.33 Å². The molecule has 0 fully saturated rings. The molecule has 0 bridgehead atoms. The molecule has 0 atom stereocenters. The summed E-state index contributed by atoms with van der Waals surface area (Å²) < 4.78 is 5.49. The maximum Gasteiger partial charge on any atom is 0.242 e. The first-order chi connectivity index (χ1) is 9.11. The molecule has 0 aromatic carbocycles. The van der Waals surface area contributed by atoms with Gasteiger partial charge in [-0.05, 0) is 20.3 Å². The lowest BCUT2D eigenvalue weighted by molar-refractivity contribution is 0.306. The molecule has 19 heavy (non-hydrogen) atoms. The lowest BCUT2D eigenvalue weighted by Gasteiger charge is -2.28. The summed E-state index contributed by atoms with van der Waals surface area (Å²) in [6.45, 7) is 7.24. The standard InChI is InChI=1S/C13H21N5O/c1-4-8-19-13-11(15)12(16-9-17-13)18(10(2)3)7-5-6-14/h9-10H,4-5,7-8,15H2,1-3H3. The molecule has 0 aliphatic heterocycles. The maximum absolute atomic E-state index is 8.72. The molecule has 0 spiro atoms. The minimum Gasteiger partial charge on any atom is -0.476 e. The SMILES string of the molecule is CCCOc1ncnc(N(CCC#N)C(C)C)c1N. The number of nitrogens with zero attached hydrogens (tertiary/aromatic N) is 4. The molecule has 0 saturated carbocycles. The van der Waals surface area contributed by atoms with E-state index in [1.165, 1.54) is 6.33 Å². The highest BCUT2D eigenvalue weighted by molar-refractivity contribution is 5.68. The molecule has 1 heterocycles. The van der Waals surface area contributed by atoms with Crippen LogP contribution >= 0.6 is 0 Å². The van der Waals surface area contributed by atoms with Crippen molar-refractivity contribution >= 4 is 11.5 Å². The zero-order chi connectivity index (χ0) is 14.3. The fourth-order valence-electron chi connectivity index (χ4n) is 1.69. The number of nitrogen functional groups attached to an aromatic ring is 1. The van der Waals surface area contributed by atoms with Gasteiger partial charge in [0.05, 0.1) is 19.1 Å². The third-order valence-electron chi connectivity index (χ3n) is 2.63. The van der Waals surface area contributed by atoms with Crippen molar-refractivity contribution in [1.82, 2.24) is 9.97 Å². The Kier molecular flexibility index (Phi) is 5.86. The topological polar surface area (TPSA) is 88.1 Å². The lowest BCUT2D eigenvalue weighted by Crippen LogP contribution is -2.33. The molecular weight excluding hydrogens is 242 g/mol. The molecule has 2 N–H and O–H groups in total. The number of anilines is 2. The number of aromatic nitrogens is 2. The second-order valence-electron chi connectivity index (χ2n) is 4.46. The van der Waals surface area contributed by atoms with Gasteiger partial charge in [0.1, 0.15) is 12.0 Å². The van der Waals surface area contributed by atoms with E-state index < -0.39 is 0 Å². The molecule has 0 aliphatic rings. The lowest BCUT2D eigenvalue weighted by atomic mass is 10.2. The van der Waals surface area contributed by atoms with Crippen molar-refractivity contribution in [3.8, 4) is 11.9 Å². The minimum absolute atomic E-state index is 0.199. The quantitative estimate of drug-likeness (QED) is 0.809. The van der Waals surface area contributed by atoms with E-state index in [4.69, 9.17) is 15.7 Å². The van der Waals surface area contributed by atoms with Gasteiger partial charge in [-0.3, -0.25) is 0 Å². The van der Waals surface area contributed by atoms with Gasteiger partial charge in [-0.1, -0.05) is 6.92 Å². The summed E-state index contributed by atoms with van der Waals surface area (Å²) in [6, 6.07) is 2.33. The Balaban J connectivity index is 2.99. The van der Waals surface area contributed by atoms with E-state index in [1.807, 2.05) is 25.7 Å². The summed E-state index contributed by atoms with van der Waals surface area (Å²) in [5.41, 5.74) is 6.49. The van der Waals surface area contributed by atoms with Crippen LogP contribution in [0.1, 0.15) is 33.6 Å². The van der Waals surface area contributed by atoms with Crippen LogP contribution in [0.2, 0.25) is 0 Å². The van der Waals surface area contributed by atoms with Crippen LogP contribution in [0.4, 0.5) is 11.5 Å². The van der Waals surface area contributed by atoms with Crippen molar-refractivity contribution < 1.29 is 4.74 Å². The van der Waals surface area contributed by atoms with E-state index in [0.717, 1.165) is 6.42 Å². The van der Waals surface area contributed by atoms with Gasteiger partial charge in [0, 0.05) is 12.6 Å². The Hall–Kier alpha value is -2.03. The smallest absolute Gasteiger partial charge is 0.242 e. The van der Waals surface area contributed by atoms with E-state index in [9.17, 15) is 0 Å². The molecular formula is C13H21N5O. The fraction of sp³-hybridized carbons (Fsp3) is 0.615. The Labute approximate surface area is 114 Å². The Morgan fingerprint density at radius 3 is 2.79 bits per heavy atom. The average Bonchev–Trinajstić information content (AvgIpc) is 2.39. The zero-order valence-electron chi connectivity index (χ0n) is 11.8. The maximum atomic E-state index is 8.72. The number of hydrogen-bond acceptors (Lipinski definition) is 6. The summed E-state index contributed by atoms with van der Waals surface area (Å²) in [7, 11) is 0. The van der Waals surface area contributed by atoms with Crippen LogP contribution in [-0.2, 0) is 0 Å². The first-order valence-electron chi connectivity index (χ1n) is 6.48. The molecule has 1 aromatic rings. The van der Waals surface area contributed by atoms with Gasteiger partial charge in [-0.25, -0.2) is 4.98 Å². The van der Waals surface area contributed by atoms with Crippen LogP contribution in [0.15, 0.2) is 6.33 Å². The minimum atomic E-state index is 0.199. The van der Waals surface area contributed by atoms with Gasteiger partial charge >= 0.3 is 0 Å². The van der Waals surface area contributed by atoms with Gasteiger partial charge in [0.25, 0.3) is 0 Å². The van der Waals surface area contributed by atoms with Gasteiger partial charge in [0.15, 0.2) is 5.82 Å². The van der Waals surface area contributed by atoms with Crippen LogP contribution in [0.25, 0.3) is 0 Å². The number of nitriles is 1. The summed E-state index contributed by atoms with van der Waals surface area (Å²) >= 11 is 0. The van der Waals surface area contributed by atoms with Crippen LogP contribution in [0, 0.1) is 11.3 Å². The number of ether oxygens (including phenoxy) is 1. The Morgan fingerprint density at radius 2 is 2.21 bits per heavy atom. The first-order valence-corrected chi connectivity index (χ1v) is 6.48. The predicted octanol–water partition coefficient (Wildman–Crippen LogP) is 1.98. The van der Waals surface area contributed by atoms with E-state index in [0.29, 0.717) is 37.0 Å². The third-order valence-corrected chi connectivity index (χ3v) is 2.63.